The van der Waals surface area contributed by atoms with Crippen LogP contribution in [0.2, 0.25) is 5.02 Å². The van der Waals surface area contributed by atoms with E-state index in [0.717, 1.165) is 17.9 Å². The fourth-order valence-electron chi connectivity index (χ4n) is 1.94. The molecule has 1 aliphatic rings. The Labute approximate surface area is 122 Å². The molecule has 0 aliphatic carbocycles. The van der Waals surface area contributed by atoms with E-state index in [9.17, 15) is 4.79 Å². The summed E-state index contributed by atoms with van der Waals surface area (Å²) in [5, 5.41) is 0.508. The van der Waals surface area contributed by atoms with Crippen molar-refractivity contribution in [3.8, 4) is 0 Å². The molecule has 0 bridgehead atoms. The number of amides is 1. The van der Waals surface area contributed by atoms with Gasteiger partial charge in [-0.2, -0.15) is 0 Å². The second-order valence-electron chi connectivity index (χ2n) is 4.15. The molecule has 1 aromatic rings. The molecule has 2 rings (SSSR count). The van der Waals surface area contributed by atoms with Crippen molar-refractivity contribution in [3.63, 3.8) is 0 Å². The van der Waals surface area contributed by atoms with Crippen LogP contribution in [0.3, 0.4) is 0 Å². The number of likely N-dealkylation sites (tertiary alicyclic amines) is 1. The predicted molar refractivity (Wildman–Crippen MR) is 79.0 cm³/mol. The average molecular weight is 307 g/mol. The maximum atomic E-state index is 12.3. The normalized spacial score (nSPS) is 18.6. The van der Waals surface area contributed by atoms with Gasteiger partial charge >= 0.3 is 0 Å². The molecule has 0 saturated carbocycles. The fourth-order valence-corrected chi connectivity index (χ4v) is 2.58. The number of rotatable bonds is 2. The van der Waals surface area contributed by atoms with E-state index < -0.39 is 0 Å². The second kappa shape index (κ2) is 6.66. The molecule has 0 spiro atoms. The van der Waals surface area contributed by atoms with Crippen molar-refractivity contribution in [1.82, 2.24) is 4.90 Å². The Bertz CT molecular complexity index is 442. The average Bonchev–Trinajstić information content (AvgIpc) is 2.76. The zero-order chi connectivity index (χ0) is 12.4. The highest BCUT2D eigenvalue weighted by Gasteiger charge is 2.25. The molecule has 1 atom stereocenters. The van der Waals surface area contributed by atoms with Gasteiger partial charge in [0, 0.05) is 24.0 Å². The van der Waals surface area contributed by atoms with E-state index >= 15 is 0 Å². The van der Waals surface area contributed by atoms with Crippen molar-refractivity contribution in [1.29, 1.82) is 0 Å². The largest absolute Gasteiger partial charge is 0.337 e. The molecule has 1 fully saturated rings. The number of hydrogen-bond donors (Lipinski definition) is 1. The molecule has 1 heterocycles. The molecule has 1 amide bonds. The summed E-state index contributed by atoms with van der Waals surface area (Å²) in [6.07, 6.45) is 2.84. The van der Waals surface area contributed by atoms with E-state index in [-0.39, 0.29) is 24.4 Å². The molecule has 1 aliphatic heterocycles. The molecular formula is C12H16Cl2N2OS. The molecule has 0 radical (unpaired) electrons. The summed E-state index contributed by atoms with van der Waals surface area (Å²) in [6.45, 7) is 1.35. The minimum atomic E-state index is -0.0150. The molecule has 100 valence electrons. The lowest BCUT2D eigenvalue weighted by molar-refractivity contribution is 0.0791. The molecule has 6 heteroatoms. The molecule has 18 heavy (non-hydrogen) atoms. The van der Waals surface area contributed by atoms with Gasteiger partial charge in [-0.15, -0.1) is 24.2 Å². The van der Waals surface area contributed by atoms with Crippen LogP contribution in [-0.2, 0) is 0 Å². The monoisotopic (exact) mass is 306 g/mol. The third kappa shape index (κ3) is 3.32. The minimum Gasteiger partial charge on any atom is -0.337 e. The van der Waals surface area contributed by atoms with Crippen molar-refractivity contribution in [2.75, 3.05) is 19.3 Å². The quantitative estimate of drug-likeness (QED) is 0.855. The third-order valence-corrected chi connectivity index (χ3v) is 3.97. The SMILES string of the molecule is CSc1ccc(Cl)c(C(=O)N2CCC(N)C2)c1.Cl. The first-order valence-corrected chi connectivity index (χ1v) is 7.10. The van der Waals surface area contributed by atoms with E-state index in [1.54, 1.807) is 22.7 Å². The van der Waals surface area contributed by atoms with Gasteiger partial charge in [0.1, 0.15) is 0 Å². The highest BCUT2D eigenvalue weighted by Crippen LogP contribution is 2.25. The smallest absolute Gasteiger partial charge is 0.255 e. The number of nitrogens with two attached hydrogens (primary N) is 1. The van der Waals surface area contributed by atoms with Gasteiger partial charge in [-0.05, 0) is 30.9 Å². The molecule has 1 aromatic carbocycles. The van der Waals surface area contributed by atoms with Gasteiger partial charge in [-0.3, -0.25) is 4.79 Å². The summed E-state index contributed by atoms with van der Waals surface area (Å²) in [7, 11) is 0. The van der Waals surface area contributed by atoms with E-state index in [1.165, 1.54) is 0 Å². The van der Waals surface area contributed by atoms with Crippen LogP contribution in [0.25, 0.3) is 0 Å². The zero-order valence-corrected chi connectivity index (χ0v) is 12.4. The summed E-state index contributed by atoms with van der Waals surface area (Å²) in [5.41, 5.74) is 6.38. The highest BCUT2D eigenvalue weighted by atomic mass is 35.5. The fraction of sp³-hybridized carbons (Fsp3) is 0.417. The maximum absolute atomic E-state index is 12.3. The van der Waals surface area contributed by atoms with Crippen LogP contribution in [0.4, 0.5) is 0 Å². The van der Waals surface area contributed by atoms with Gasteiger partial charge in [0.15, 0.2) is 0 Å². The lowest BCUT2D eigenvalue weighted by Crippen LogP contribution is -2.32. The van der Waals surface area contributed by atoms with Gasteiger partial charge in [0.2, 0.25) is 0 Å². The Kier molecular flexibility index (Phi) is 5.79. The van der Waals surface area contributed by atoms with Crippen molar-refractivity contribution in [2.24, 2.45) is 5.73 Å². The van der Waals surface area contributed by atoms with Gasteiger partial charge < -0.3 is 10.6 Å². The number of benzene rings is 1. The summed E-state index contributed by atoms with van der Waals surface area (Å²) in [5.74, 6) is -0.0150. The summed E-state index contributed by atoms with van der Waals surface area (Å²) < 4.78 is 0. The van der Waals surface area contributed by atoms with Crippen molar-refractivity contribution < 1.29 is 4.79 Å². The highest BCUT2D eigenvalue weighted by molar-refractivity contribution is 7.98. The second-order valence-corrected chi connectivity index (χ2v) is 5.43. The Morgan fingerprint density at radius 2 is 2.28 bits per heavy atom. The maximum Gasteiger partial charge on any atom is 0.255 e. The number of carbonyl (C=O) groups excluding carboxylic acids is 1. The Balaban J connectivity index is 0.00000162. The third-order valence-electron chi connectivity index (χ3n) is 2.92. The molecule has 1 saturated heterocycles. The Hall–Kier alpha value is -0.420. The number of thioether (sulfide) groups is 1. The van der Waals surface area contributed by atoms with E-state index in [4.69, 9.17) is 17.3 Å². The van der Waals surface area contributed by atoms with Crippen LogP contribution in [0, 0.1) is 0 Å². The first-order chi connectivity index (χ1) is 8.11. The van der Waals surface area contributed by atoms with Crippen molar-refractivity contribution in [3.05, 3.63) is 28.8 Å². The van der Waals surface area contributed by atoms with Crippen molar-refractivity contribution in [2.45, 2.75) is 17.4 Å². The standard InChI is InChI=1S/C12H15ClN2OS.ClH/c1-17-9-2-3-11(13)10(6-9)12(16)15-5-4-8(14)7-15;/h2-3,6,8H,4-5,7,14H2,1H3;1H. The number of hydrogen-bond acceptors (Lipinski definition) is 3. The van der Waals surface area contributed by atoms with E-state index in [1.807, 2.05) is 18.4 Å². The Morgan fingerprint density at radius 1 is 1.56 bits per heavy atom. The number of carbonyl (C=O) groups is 1. The van der Waals surface area contributed by atoms with Gasteiger partial charge in [0.25, 0.3) is 5.91 Å². The van der Waals surface area contributed by atoms with Gasteiger partial charge in [-0.1, -0.05) is 11.6 Å². The molecule has 1 unspecified atom stereocenters. The van der Waals surface area contributed by atoms with E-state index in [2.05, 4.69) is 0 Å². The van der Waals surface area contributed by atoms with Crippen LogP contribution >= 0.6 is 35.8 Å². The summed E-state index contributed by atoms with van der Waals surface area (Å²) in [6, 6.07) is 5.64. The van der Waals surface area contributed by atoms with E-state index in [0.29, 0.717) is 17.1 Å². The minimum absolute atomic E-state index is 0. The van der Waals surface area contributed by atoms with Crippen LogP contribution in [0.15, 0.2) is 23.1 Å². The lowest BCUT2D eigenvalue weighted by Gasteiger charge is -2.17. The summed E-state index contributed by atoms with van der Waals surface area (Å²) in [4.78, 5) is 15.1. The topological polar surface area (TPSA) is 46.3 Å². The summed E-state index contributed by atoms with van der Waals surface area (Å²) >= 11 is 7.67. The van der Waals surface area contributed by atoms with Gasteiger partial charge in [-0.25, -0.2) is 0 Å². The van der Waals surface area contributed by atoms with Gasteiger partial charge in [0.05, 0.1) is 10.6 Å². The molecule has 0 aromatic heterocycles. The lowest BCUT2D eigenvalue weighted by atomic mass is 10.2. The zero-order valence-electron chi connectivity index (χ0n) is 10.1. The first-order valence-electron chi connectivity index (χ1n) is 5.50. The molecule has 2 N–H and O–H groups in total. The number of halogens is 2. The molecule has 3 nitrogen and oxygen atoms in total. The first kappa shape index (κ1) is 15.6. The van der Waals surface area contributed by atoms with Crippen LogP contribution in [-0.4, -0.2) is 36.2 Å². The van der Waals surface area contributed by atoms with Crippen molar-refractivity contribution >= 4 is 41.7 Å². The number of nitrogens with zero attached hydrogens (tertiary/aromatic N) is 1. The van der Waals surface area contributed by atoms with Crippen LogP contribution in [0.5, 0.6) is 0 Å². The Morgan fingerprint density at radius 3 is 2.83 bits per heavy atom. The van der Waals surface area contributed by atoms with Crippen LogP contribution in [0.1, 0.15) is 16.8 Å². The van der Waals surface area contributed by atoms with Crippen LogP contribution < -0.4 is 5.73 Å². The molecular weight excluding hydrogens is 291 g/mol. The predicted octanol–water partition coefficient (Wildman–Crippen LogP) is 2.66.